The third-order valence-corrected chi connectivity index (χ3v) is 2.54. The van der Waals surface area contributed by atoms with Gasteiger partial charge in [-0.15, -0.1) is 0 Å². The zero-order valence-corrected chi connectivity index (χ0v) is 9.64. The summed E-state index contributed by atoms with van der Waals surface area (Å²) in [6.07, 6.45) is 2.69. The molecule has 1 atom stereocenters. The van der Waals surface area contributed by atoms with Gasteiger partial charge in [-0.2, -0.15) is 0 Å². The summed E-state index contributed by atoms with van der Waals surface area (Å²) in [5.41, 5.74) is 0.165. The quantitative estimate of drug-likeness (QED) is 0.685. The molecular formula is C11H23NO2. The lowest BCUT2D eigenvalue weighted by molar-refractivity contribution is 0.0198. The second kappa shape index (κ2) is 5.69. The van der Waals surface area contributed by atoms with Crippen LogP contribution in [0.5, 0.6) is 0 Å². The van der Waals surface area contributed by atoms with Crippen molar-refractivity contribution >= 4 is 0 Å². The first-order chi connectivity index (χ1) is 6.62. The molecule has 1 N–H and O–H groups in total. The predicted octanol–water partition coefficient (Wildman–Crippen LogP) is 1.57. The standard InChI is InChI=1S/C11H23NO2/c1-10(2)14-8-6-12-11(3)5-4-7-13-9-11/h10,12H,4-9H2,1-3H3. The van der Waals surface area contributed by atoms with E-state index in [2.05, 4.69) is 26.1 Å². The van der Waals surface area contributed by atoms with Crippen molar-refractivity contribution in [2.75, 3.05) is 26.4 Å². The number of hydrogen-bond acceptors (Lipinski definition) is 3. The van der Waals surface area contributed by atoms with Crippen LogP contribution in [0, 0.1) is 0 Å². The predicted molar refractivity (Wildman–Crippen MR) is 57.5 cm³/mol. The number of ether oxygens (including phenoxy) is 2. The Bertz CT molecular complexity index is 153. The maximum atomic E-state index is 5.47. The van der Waals surface area contributed by atoms with E-state index < -0.39 is 0 Å². The maximum absolute atomic E-state index is 5.47. The Hall–Kier alpha value is -0.120. The Labute approximate surface area is 87.2 Å². The van der Waals surface area contributed by atoms with Crippen molar-refractivity contribution in [3.05, 3.63) is 0 Å². The van der Waals surface area contributed by atoms with Gasteiger partial charge < -0.3 is 14.8 Å². The van der Waals surface area contributed by atoms with Gasteiger partial charge in [-0.3, -0.25) is 0 Å². The fraction of sp³-hybridized carbons (Fsp3) is 1.00. The van der Waals surface area contributed by atoms with Crippen LogP contribution in [0.1, 0.15) is 33.6 Å². The van der Waals surface area contributed by atoms with Gasteiger partial charge in [-0.25, -0.2) is 0 Å². The molecule has 1 aliphatic heterocycles. The number of hydrogen-bond donors (Lipinski definition) is 1. The minimum atomic E-state index is 0.165. The van der Waals surface area contributed by atoms with E-state index in [1.807, 2.05) is 0 Å². The first kappa shape index (κ1) is 12.0. The molecule has 0 radical (unpaired) electrons. The lowest BCUT2D eigenvalue weighted by Gasteiger charge is -2.34. The molecule has 1 aliphatic rings. The van der Waals surface area contributed by atoms with Crippen LogP contribution in [-0.4, -0.2) is 38.0 Å². The molecule has 0 aliphatic carbocycles. The van der Waals surface area contributed by atoms with Crippen molar-refractivity contribution in [2.24, 2.45) is 0 Å². The van der Waals surface area contributed by atoms with Gasteiger partial charge in [0.15, 0.2) is 0 Å². The first-order valence-corrected chi connectivity index (χ1v) is 5.57. The molecule has 0 spiro atoms. The Morgan fingerprint density at radius 2 is 2.29 bits per heavy atom. The molecule has 0 bridgehead atoms. The summed E-state index contributed by atoms with van der Waals surface area (Å²) in [5.74, 6) is 0. The van der Waals surface area contributed by atoms with Crippen molar-refractivity contribution in [3.8, 4) is 0 Å². The summed E-state index contributed by atoms with van der Waals surface area (Å²) in [6, 6.07) is 0. The summed E-state index contributed by atoms with van der Waals surface area (Å²) in [4.78, 5) is 0. The molecule has 3 heteroatoms. The Balaban J connectivity index is 2.09. The van der Waals surface area contributed by atoms with Crippen molar-refractivity contribution in [1.82, 2.24) is 5.32 Å². The molecule has 1 saturated heterocycles. The second-order valence-corrected chi connectivity index (χ2v) is 4.56. The van der Waals surface area contributed by atoms with Crippen molar-refractivity contribution in [2.45, 2.75) is 45.3 Å². The van der Waals surface area contributed by atoms with Crippen LogP contribution < -0.4 is 5.32 Å². The molecule has 0 aromatic rings. The van der Waals surface area contributed by atoms with Crippen LogP contribution in [0.15, 0.2) is 0 Å². The molecule has 0 aromatic heterocycles. The highest BCUT2D eigenvalue weighted by Crippen LogP contribution is 2.17. The zero-order chi connectivity index (χ0) is 10.4. The van der Waals surface area contributed by atoms with E-state index in [1.165, 1.54) is 6.42 Å². The van der Waals surface area contributed by atoms with Crippen molar-refractivity contribution in [1.29, 1.82) is 0 Å². The van der Waals surface area contributed by atoms with E-state index in [-0.39, 0.29) is 5.54 Å². The van der Waals surface area contributed by atoms with Gasteiger partial charge in [0.25, 0.3) is 0 Å². The van der Waals surface area contributed by atoms with Gasteiger partial charge in [-0.1, -0.05) is 0 Å². The lowest BCUT2D eigenvalue weighted by atomic mass is 9.95. The van der Waals surface area contributed by atoms with Crippen LogP contribution in [0.3, 0.4) is 0 Å². The molecule has 14 heavy (non-hydrogen) atoms. The third kappa shape index (κ3) is 4.40. The smallest absolute Gasteiger partial charge is 0.0645 e. The topological polar surface area (TPSA) is 30.5 Å². The average Bonchev–Trinajstić information content (AvgIpc) is 2.14. The van der Waals surface area contributed by atoms with E-state index in [9.17, 15) is 0 Å². The van der Waals surface area contributed by atoms with Gasteiger partial charge in [-0.05, 0) is 33.6 Å². The maximum Gasteiger partial charge on any atom is 0.0645 e. The zero-order valence-electron chi connectivity index (χ0n) is 9.64. The minimum Gasteiger partial charge on any atom is -0.380 e. The van der Waals surface area contributed by atoms with Crippen molar-refractivity contribution in [3.63, 3.8) is 0 Å². The lowest BCUT2D eigenvalue weighted by Crippen LogP contribution is -2.50. The molecule has 84 valence electrons. The SMILES string of the molecule is CC(C)OCCNC1(C)CCCOC1. The van der Waals surface area contributed by atoms with E-state index in [1.54, 1.807) is 0 Å². The molecular weight excluding hydrogens is 178 g/mol. The van der Waals surface area contributed by atoms with Crippen LogP contribution in [0.4, 0.5) is 0 Å². The Kier molecular flexibility index (Phi) is 4.85. The summed E-state index contributed by atoms with van der Waals surface area (Å²) < 4.78 is 10.9. The molecule has 1 unspecified atom stereocenters. The molecule has 0 amide bonds. The monoisotopic (exact) mass is 201 g/mol. The van der Waals surface area contributed by atoms with E-state index in [4.69, 9.17) is 9.47 Å². The van der Waals surface area contributed by atoms with Gasteiger partial charge in [0, 0.05) is 18.7 Å². The fourth-order valence-corrected chi connectivity index (χ4v) is 1.72. The third-order valence-electron chi connectivity index (χ3n) is 2.54. The highest BCUT2D eigenvalue weighted by molar-refractivity contribution is 4.85. The highest BCUT2D eigenvalue weighted by atomic mass is 16.5. The summed E-state index contributed by atoms with van der Waals surface area (Å²) in [7, 11) is 0. The normalized spacial score (nSPS) is 28.3. The largest absolute Gasteiger partial charge is 0.380 e. The summed E-state index contributed by atoms with van der Waals surface area (Å²) in [5, 5.41) is 3.50. The number of nitrogens with one attached hydrogen (secondary N) is 1. The van der Waals surface area contributed by atoms with Gasteiger partial charge >= 0.3 is 0 Å². The minimum absolute atomic E-state index is 0.165. The van der Waals surface area contributed by atoms with Crippen LogP contribution in [0.25, 0.3) is 0 Å². The summed E-state index contributed by atoms with van der Waals surface area (Å²) in [6.45, 7) is 9.79. The van der Waals surface area contributed by atoms with Gasteiger partial charge in [0.1, 0.15) is 0 Å². The van der Waals surface area contributed by atoms with Gasteiger partial charge in [0.05, 0.1) is 19.3 Å². The fourth-order valence-electron chi connectivity index (χ4n) is 1.72. The molecule has 3 nitrogen and oxygen atoms in total. The van der Waals surface area contributed by atoms with E-state index in [0.29, 0.717) is 6.10 Å². The molecule has 1 heterocycles. The Morgan fingerprint density at radius 1 is 1.50 bits per heavy atom. The van der Waals surface area contributed by atoms with E-state index >= 15 is 0 Å². The molecule has 1 rings (SSSR count). The first-order valence-electron chi connectivity index (χ1n) is 5.57. The van der Waals surface area contributed by atoms with Crippen LogP contribution in [0.2, 0.25) is 0 Å². The van der Waals surface area contributed by atoms with Crippen molar-refractivity contribution < 1.29 is 9.47 Å². The number of rotatable bonds is 5. The molecule has 1 fully saturated rings. The van der Waals surface area contributed by atoms with E-state index in [0.717, 1.165) is 32.8 Å². The highest BCUT2D eigenvalue weighted by Gasteiger charge is 2.26. The Morgan fingerprint density at radius 3 is 2.86 bits per heavy atom. The second-order valence-electron chi connectivity index (χ2n) is 4.56. The average molecular weight is 201 g/mol. The summed E-state index contributed by atoms with van der Waals surface area (Å²) >= 11 is 0. The molecule has 0 aromatic carbocycles. The van der Waals surface area contributed by atoms with Crippen LogP contribution >= 0.6 is 0 Å². The van der Waals surface area contributed by atoms with Gasteiger partial charge in [0.2, 0.25) is 0 Å². The molecule has 0 saturated carbocycles. The van der Waals surface area contributed by atoms with Crippen LogP contribution in [-0.2, 0) is 9.47 Å².